The van der Waals surface area contributed by atoms with Gasteiger partial charge in [0.05, 0.1) is 20.3 Å². The molecule has 1 N–H and O–H groups in total. The number of nitrogens with one attached hydrogen (secondary N) is 1. The highest BCUT2D eigenvalue weighted by Crippen LogP contribution is 2.32. The highest BCUT2D eigenvalue weighted by atomic mass is 16.7. The number of aromatic nitrogens is 4. The van der Waals surface area contributed by atoms with E-state index in [0.29, 0.717) is 44.1 Å². The molecule has 3 aromatic rings. The third-order valence-electron chi connectivity index (χ3n) is 6.22. The lowest BCUT2D eigenvalue weighted by atomic mass is 10.0. The minimum Gasteiger partial charge on any atom is -0.496 e. The molecule has 0 saturated carbocycles. The van der Waals surface area contributed by atoms with Crippen LogP contribution in [0, 0.1) is 0 Å². The fraction of sp³-hybridized carbons (Fsp3) is 0.478. The molecule has 5 rings (SSSR count). The van der Waals surface area contributed by atoms with Crippen molar-refractivity contribution in [1.82, 2.24) is 25.1 Å². The Morgan fingerprint density at radius 2 is 1.91 bits per heavy atom. The van der Waals surface area contributed by atoms with Crippen LogP contribution in [0.1, 0.15) is 30.7 Å². The summed E-state index contributed by atoms with van der Waals surface area (Å²) in [5, 5.41) is 16.1. The number of benzene rings is 1. The maximum Gasteiger partial charge on any atom is 0.220 e. The van der Waals surface area contributed by atoms with Gasteiger partial charge in [0.2, 0.25) is 5.91 Å². The van der Waals surface area contributed by atoms with Gasteiger partial charge in [-0.05, 0) is 18.2 Å². The lowest BCUT2D eigenvalue weighted by Gasteiger charge is -2.38. The van der Waals surface area contributed by atoms with Crippen LogP contribution < -0.4 is 15.0 Å². The number of methoxy groups -OCH3 is 1. The first-order valence-electron chi connectivity index (χ1n) is 11.3. The molecule has 10 nitrogen and oxygen atoms in total. The molecule has 0 unspecified atom stereocenters. The number of rotatable bonds is 7. The van der Waals surface area contributed by atoms with E-state index in [0.717, 1.165) is 43.1 Å². The van der Waals surface area contributed by atoms with E-state index < -0.39 is 5.79 Å². The number of carbonyl (C=O) groups is 1. The van der Waals surface area contributed by atoms with Crippen LogP contribution in [0.15, 0.2) is 36.4 Å². The SMILES string of the molecule is COc1ccccc1CNC(=O)CCc1nnc2ccc(N3CCC4(CC3)OCCO4)nn12. The van der Waals surface area contributed by atoms with Crippen molar-refractivity contribution in [2.45, 2.75) is 38.0 Å². The summed E-state index contributed by atoms with van der Waals surface area (Å²) >= 11 is 0. The number of aryl methyl sites for hydroxylation is 1. The number of anilines is 1. The molecule has 0 atom stereocenters. The molecule has 0 aliphatic carbocycles. The predicted molar refractivity (Wildman–Crippen MR) is 120 cm³/mol. The number of hydrogen-bond acceptors (Lipinski definition) is 8. The first kappa shape index (κ1) is 21.6. The fourth-order valence-corrected chi connectivity index (χ4v) is 4.37. The van der Waals surface area contributed by atoms with Crippen LogP contribution in [0.5, 0.6) is 5.75 Å². The van der Waals surface area contributed by atoms with Gasteiger partial charge in [0.15, 0.2) is 17.3 Å². The van der Waals surface area contributed by atoms with Crippen molar-refractivity contribution in [2.75, 3.05) is 38.3 Å². The van der Waals surface area contributed by atoms with Crippen molar-refractivity contribution in [2.24, 2.45) is 0 Å². The van der Waals surface area contributed by atoms with Crippen LogP contribution in [0.25, 0.3) is 5.65 Å². The fourth-order valence-electron chi connectivity index (χ4n) is 4.37. The van der Waals surface area contributed by atoms with E-state index in [1.165, 1.54) is 0 Å². The summed E-state index contributed by atoms with van der Waals surface area (Å²) in [6, 6.07) is 11.5. The highest BCUT2D eigenvalue weighted by Gasteiger charge is 2.40. The van der Waals surface area contributed by atoms with Crippen molar-refractivity contribution in [3.8, 4) is 5.75 Å². The molecule has 1 spiro atoms. The van der Waals surface area contributed by atoms with Crippen molar-refractivity contribution in [3.05, 3.63) is 47.8 Å². The summed E-state index contributed by atoms with van der Waals surface area (Å²) in [6.07, 6.45) is 2.37. The standard InChI is InChI=1S/C23H28N6O4/c1-31-18-5-3-2-4-17(18)16-24-22(30)9-8-20-26-25-19-6-7-21(27-29(19)20)28-12-10-23(11-13-28)32-14-15-33-23/h2-7H,8-16H2,1H3,(H,24,30). The maximum absolute atomic E-state index is 12.4. The first-order chi connectivity index (χ1) is 16.2. The molecule has 174 valence electrons. The largest absolute Gasteiger partial charge is 0.496 e. The third-order valence-corrected chi connectivity index (χ3v) is 6.22. The van der Waals surface area contributed by atoms with E-state index in [4.69, 9.17) is 19.3 Å². The Hall–Kier alpha value is -3.24. The minimum atomic E-state index is -0.417. The van der Waals surface area contributed by atoms with Crippen molar-refractivity contribution < 1.29 is 19.0 Å². The zero-order valence-corrected chi connectivity index (χ0v) is 18.7. The molecule has 2 aromatic heterocycles. The number of para-hydroxylation sites is 1. The monoisotopic (exact) mass is 452 g/mol. The third kappa shape index (κ3) is 4.62. The molecule has 1 amide bonds. The van der Waals surface area contributed by atoms with Crippen molar-refractivity contribution in [3.63, 3.8) is 0 Å². The number of hydrogen-bond donors (Lipinski definition) is 1. The first-order valence-corrected chi connectivity index (χ1v) is 11.3. The van der Waals surface area contributed by atoms with E-state index in [2.05, 4.69) is 20.4 Å². The molecular weight excluding hydrogens is 424 g/mol. The van der Waals surface area contributed by atoms with Crippen LogP contribution in [0.4, 0.5) is 5.82 Å². The molecule has 0 bridgehead atoms. The number of nitrogens with zero attached hydrogens (tertiary/aromatic N) is 5. The van der Waals surface area contributed by atoms with E-state index in [9.17, 15) is 4.79 Å². The number of amides is 1. The van der Waals surface area contributed by atoms with Gasteiger partial charge in [-0.2, -0.15) is 4.52 Å². The van der Waals surface area contributed by atoms with Gasteiger partial charge >= 0.3 is 0 Å². The van der Waals surface area contributed by atoms with Gasteiger partial charge in [-0.1, -0.05) is 18.2 Å². The molecule has 2 saturated heterocycles. The van der Waals surface area contributed by atoms with Gasteiger partial charge in [-0.3, -0.25) is 4.79 Å². The Morgan fingerprint density at radius 3 is 2.70 bits per heavy atom. The molecule has 10 heteroatoms. The Bertz CT molecular complexity index is 1120. The molecule has 2 aliphatic heterocycles. The van der Waals surface area contributed by atoms with E-state index >= 15 is 0 Å². The van der Waals surface area contributed by atoms with Gasteiger partial charge in [0.1, 0.15) is 11.6 Å². The second-order valence-electron chi connectivity index (χ2n) is 8.26. The summed E-state index contributed by atoms with van der Waals surface area (Å²) in [5.74, 6) is 1.80. The molecule has 2 fully saturated rings. The molecule has 1 aromatic carbocycles. The average Bonchev–Trinajstić information content (AvgIpc) is 3.48. The smallest absolute Gasteiger partial charge is 0.220 e. The number of piperidine rings is 1. The lowest BCUT2D eigenvalue weighted by molar-refractivity contribution is -0.169. The molecule has 2 aliphatic rings. The second-order valence-corrected chi connectivity index (χ2v) is 8.26. The summed E-state index contributed by atoms with van der Waals surface area (Å²) in [5.41, 5.74) is 1.60. The van der Waals surface area contributed by atoms with Crippen molar-refractivity contribution >= 4 is 17.4 Å². The summed E-state index contributed by atoms with van der Waals surface area (Å²) in [7, 11) is 1.62. The van der Waals surface area contributed by atoms with Gasteiger partial charge in [-0.15, -0.1) is 15.3 Å². The highest BCUT2D eigenvalue weighted by molar-refractivity contribution is 5.76. The zero-order chi connectivity index (χ0) is 22.7. The van der Waals surface area contributed by atoms with Gasteiger partial charge in [0.25, 0.3) is 0 Å². The second kappa shape index (κ2) is 9.32. The number of ether oxygens (including phenoxy) is 3. The summed E-state index contributed by atoms with van der Waals surface area (Å²) in [4.78, 5) is 14.6. The maximum atomic E-state index is 12.4. The topological polar surface area (TPSA) is 103 Å². The normalized spacial score (nSPS) is 17.5. The van der Waals surface area contributed by atoms with E-state index in [1.807, 2.05) is 36.4 Å². The zero-order valence-electron chi connectivity index (χ0n) is 18.7. The quantitative estimate of drug-likeness (QED) is 0.578. The lowest BCUT2D eigenvalue weighted by Crippen LogP contribution is -2.45. The van der Waals surface area contributed by atoms with Crippen LogP contribution in [0.2, 0.25) is 0 Å². The van der Waals surface area contributed by atoms with Crippen LogP contribution in [-0.4, -0.2) is 64.9 Å². The van der Waals surface area contributed by atoms with Crippen LogP contribution >= 0.6 is 0 Å². The van der Waals surface area contributed by atoms with E-state index in [1.54, 1.807) is 11.6 Å². The Morgan fingerprint density at radius 1 is 1.12 bits per heavy atom. The molecule has 0 radical (unpaired) electrons. The number of carbonyl (C=O) groups excluding carboxylic acids is 1. The summed E-state index contributed by atoms with van der Waals surface area (Å²) in [6.45, 7) is 3.36. The molecular formula is C23H28N6O4. The molecule has 4 heterocycles. The predicted octanol–water partition coefficient (Wildman–Crippen LogP) is 1.73. The van der Waals surface area contributed by atoms with Gasteiger partial charge < -0.3 is 24.4 Å². The summed E-state index contributed by atoms with van der Waals surface area (Å²) < 4.78 is 18.7. The van der Waals surface area contributed by atoms with Gasteiger partial charge in [-0.25, -0.2) is 0 Å². The van der Waals surface area contributed by atoms with Crippen LogP contribution in [0.3, 0.4) is 0 Å². The minimum absolute atomic E-state index is 0.0632. The Labute approximate surface area is 191 Å². The van der Waals surface area contributed by atoms with Crippen molar-refractivity contribution in [1.29, 1.82) is 0 Å². The van der Waals surface area contributed by atoms with Crippen LogP contribution in [-0.2, 0) is 27.2 Å². The Balaban J connectivity index is 1.20. The average molecular weight is 453 g/mol. The number of fused-ring (bicyclic) bond motifs is 1. The molecule has 33 heavy (non-hydrogen) atoms. The van der Waals surface area contributed by atoms with E-state index in [-0.39, 0.29) is 5.91 Å². The van der Waals surface area contributed by atoms with Gasteiger partial charge in [0, 0.05) is 50.9 Å². The Kier molecular flexibility index (Phi) is 6.10.